The summed E-state index contributed by atoms with van der Waals surface area (Å²) in [6, 6.07) is 8.37. The Kier molecular flexibility index (Phi) is 5.89. The Hall–Kier alpha value is -1.69. The number of carbonyl (C=O) groups excluding carboxylic acids is 2. The normalized spacial score (nSPS) is 22.0. The van der Waals surface area contributed by atoms with Gasteiger partial charge in [-0.05, 0) is 49.0 Å². The second-order valence-corrected chi connectivity index (χ2v) is 8.00. The Bertz CT molecular complexity index is 629. The molecule has 2 aliphatic rings. The third-order valence-corrected chi connectivity index (χ3v) is 6.52. The molecule has 0 unspecified atom stereocenters. The maximum atomic E-state index is 12.8. The van der Waals surface area contributed by atoms with E-state index in [-0.39, 0.29) is 23.3 Å². The fourth-order valence-corrected chi connectivity index (χ4v) is 4.94. The number of fused-ring (bicyclic) bond motifs is 1. The SMILES string of the molecule is COC(=O)N1CCC([C@H](C)NC(=O)[C@@H]2SCCc3ccccc32)CC1. The Morgan fingerprint density at radius 3 is 2.72 bits per heavy atom. The van der Waals surface area contributed by atoms with Gasteiger partial charge in [0, 0.05) is 19.1 Å². The van der Waals surface area contributed by atoms with Crippen LogP contribution >= 0.6 is 11.8 Å². The van der Waals surface area contributed by atoms with Crippen molar-refractivity contribution in [3.63, 3.8) is 0 Å². The highest BCUT2D eigenvalue weighted by Gasteiger charge is 2.31. The minimum absolute atomic E-state index is 0.109. The number of benzene rings is 1. The van der Waals surface area contributed by atoms with Crippen LogP contribution in [0.1, 0.15) is 36.1 Å². The first-order valence-corrected chi connectivity index (χ1v) is 9.97. The summed E-state index contributed by atoms with van der Waals surface area (Å²) in [6.07, 6.45) is 2.56. The van der Waals surface area contributed by atoms with Crippen molar-refractivity contribution < 1.29 is 14.3 Å². The number of amides is 2. The highest BCUT2D eigenvalue weighted by atomic mass is 32.2. The molecular formula is C19H26N2O3S. The number of thioether (sulfide) groups is 1. The molecule has 0 aliphatic carbocycles. The Labute approximate surface area is 153 Å². The first-order chi connectivity index (χ1) is 12.1. The molecule has 1 aromatic carbocycles. The molecule has 0 saturated carbocycles. The van der Waals surface area contributed by atoms with Crippen LogP contribution in [-0.4, -0.2) is 48.9 Å². The van der Waals surface area contributed by atoms with Crippen LogP contribution in [0.2, 0.25) is 0 Å². The number of nitrogens with one attached hydrogen (secondary N) is 1. The summed E-state index contributed by atoms with van der Waals surface area (Å²) < 4.78 is 4.78. The number of piperidine rings is 1. The monoisotopic (exact) mass is 362 g/mol. The van der Waals surface area contributed by atoms with E-state index in [4.69, 9.17) is 4.74 Å². The van der Waals surface area contributed by atoms with Gasteiger partial charge < -0.3 is 15.0 Å². The molecule has 5 nitrogen and oxygen atoms in total. The average Bonchev–Trinajstić information content (AvgIpc) is 2.66. The van der Waals surface area contributed by atoms with Crippen LogP contribution in [0.25, 0.3) is 0 Å². The summed E-state index contributed by atoms with van der Waals surface area (Å²) in [6.45, 7) is 3.47. The molecule has 0 radical (unpaired) electrons. The molecule has 0 bridgehead atoms. The van der Waals surface area contributed by atoms with Crippen molar-refractivity contribution in [2.75, 3.05) is 26.0 Å². The molecule has 3 rings (SSSR count). The Balaban J connectivity index is 1.56. The standard InChI is InChI=1S/C19H26N2O3S/c1-13(14-7-10-21(11-8-14)19(23)24-2)20-18(22)17-16-6-4-3-5-15(16)9-12-25-17/h3-6,13-14,17H,7-12H2,1-2H3,(H,20,22)/t13-,17+/m0/s1. The first kappa shape index (κ1) is 18.1. The third-order valence-electron chi connectivity index (χ3n) is 5.28. The van der Waals surface area contributed by atoms with Crippen LogP contribution in [-0.2, 0) is 16.0 Å². The highest BCUT2D eigenvalue weighted by Crippen LogP contribution is 2.37. The number of methoxy groups -OCH3 is 1. The van der Waals surface area contributed by atoms with Crippen LogP contribution in [0.4, 0.5) is 4.79 Å². The molecule has 2 aliphatic heterocycles. The molecule has 1 aromatic rings. The van der Waals surface area contributed by atoms with Crippen molar-refractivity contribution in [2.24, 2.45) is 5.92 Å². The molecule has 1 N–H and O–H groups in total. The van der Waals surface area contributed by atoms with Gasteiger partial charge >= 0.3 is 6.09 Å². The highest BCUT2D eigenvalue weighted by molar-refractivity contribution is 8.00. The molecule has 1 fully saturated rings. The summed E-state index contributed by atoms with van der Waals surface area (Å²) in [7, 11) is 1.41. The van der Waals surface area contributed by atoms with Crippen LogP contribution in [0.15, 0.2) is 24.3 Å². The number of rotatable bonds is 3. The van der Waals surface area contributed by atoms with Crippen molar-refractivity contribution in [2.45, 2.75) is 37.5 Å². The molecule has 6 heteroatoms. The van der Waals surface area contributed by atoms with E-state index in [9.17, 15) is 9.59 Å². The van der Waals surface area contributed by atoms with E-state index in [1.165, 1.54) is 12.7 Å². The number of aryl methyl sites for hydroxylation is 1. The van der Waals surface area contributed by atoms with E-state index in [1.807, 2.05) is 12.1 Å². The van der Waals surface area contributed by atoms with Gasteiger partial charge in [0.2, 0.25) is 5.91 Å². The van der Waals surface area contributed by atoms with Crippen molar-refractivity contribution >= 4 is 23.8 Å². The van der Waals surface area contributed by atoms with Gasteiger partial charge in [0.15, 0.2) is 0 Å². The van der Waals surface area contributed by atoms with Crippen molar-refractivity contribution in [3.8, 4) is 0 Å². The van der Waals surface area contributed by atoms with Gasteiger partial charge in [-0.25, -0.2) is 4.79 Å². The van der Waals surface area contributed by atoms with Crippen molar-refractivity contribution in [1.29, 1.82) is 0 Å². The van der Waals surface area contributed by atoms with E-state index >= 15 is 0 Å². The fourth-order valence-electron chi connectivity index (χ4n) is 3.74. The summed E-state index contributed by atoms with van der Waals surface area (Å²) in [4.78, 5) is 26.1. The molecular weight excluding hydrogens is 336 g/mol. The molecule has 2 amide bonds. The maximum absolute atomic E-state index is 12.8. The number of ether oxygens (including phenoxy) is 1. The first-order valence-electron chi connectivity index (χ1n) is 8.93. The summed E-state index contributed by atoms with van der Waals surface area (Å²) in [5.74, 6) is 1.50. The second kappa shape index (κ2) is 8.13. The van der Waals surface area contributed by atoms with Crippen LogP contribution in [0, 0.1) is 5.92 Å². The van der Waals surface area contributed by atoms with Gasteiger partial charge in [0.05, 0.1) is 7.11 Å². The lowest BCUT2D eigenvalue weighted by molar-refractivity contribution is -0.121. The number of carbonyl (C=O) groups is 2. The average molecular weight is 362 g/mol. The topological polar surface area (TPSA) is 58.6 Å². The van der Waals surface area contributed by atoms with Crippen molar-refractivity contribution in [3.05, 3.63) is 35.4 Å². The number of hydrogen-bond donors (Lipinski definition) is 1. The van der Waals surface area contributed by atoms with Gasteiger partial charge in [0.1, 0.15) is 5.25 Å². The lowest BCUT2D eigenvalue weighted by Gasteiger charge is -2.35. The zero-order valence-corrected chi connectivity index (χ0v) is 15.7. The molecule has 2 atom stereocenters. The van der Waals surface area contributed by atoms with E-state index < -0.39 is 0 Å². The van der Waals surface area contributed by atoms with E-state index in [2.05, 4.69) is 24.4 Å². The fraction of sp³-hybridized carbons (Fsp3) is 0.579. The number of likely N-dealkylation sites (tertiary alicyclic amines) is 1. The van der Waals surface area contributed by atoms with Crippen LogP contribution < -0.4 is 5.32 Å². The predicted molar refractivity (Wildman–Crippen MR) is 99.7 cm³/mol. The second-order valence-electron chi connectivity index (χ2n) is 6.79. The van der Waals surface area contributed by atoms with Crippen LogP contribution in [0.3, 0.4) is 0 Å². The minimum atomic E-state index is -0.259. The Morgan fingerprint density at radius 2 is 2.00 bits per heavy atom. The summed E-state index contributed by atoms with van der Waals surface area (Å²) >= 11 is 1.73. The smallest absolute Gasteiger partial charge is 0.409 e. The maximum Gasteiger partial charge on any atom is 0.409 e. The van der Waals surface area contributed by atoms with Gasteiger partial charge in [0.25, 0.3) is 0 Å². The third kappa shape index (κ3) is 4.11. The minimum Gasteiger partial charge on any atom is -0.453 e. The quantitative estimate of drug-likeness (QED) is 0.898. The van der Waals surface area contributed by atoms with Crippen LogP contribution in [0.5, 0.6) is 0 Å². The van der Waals surface area contributed by atoms with Crippen molar-refractivity contribution in [1.82, 2.24) is 10.2 Å². The lowest BCUT2D eigenvalue weighted by Crippen LogP contribution is -2.46. The van der Waals surface area contributed by atoms with E-state index in [1.54, 1.807) is 16.7 Å². The van der Waals surface area contributed by atoms with E-state index in [0.29, 0.717) is 19.0 Å². The molecule has 136 valence electrons. The molecule has 0 spiro atoms. The largest absolute Gasteiger partial charge is 0.453 e. The van der Waals surface area contributed by atoms with E-state index in [0.717, 1.165) is 30.6 Å². The summed E-state index contributed by atoms with van der Waals surface area (Å²) in [5, 5.41) is 3.12. The zero-order chi connectivity index (χ0) is 17.8. The predicted octanol–water partition coefficient (Wildman–Crippen LogP) is 3.00. The number of hydrogen-bond acceptors (Lipinski definition) is 4. The molecule has 0 aromatic heterocycles. The van der Waals surface area contributed by atoms with Gasteiger partial charge in [-0.3, -0.25) is 4.79 Å². The molecule has 2 heterocycles. The van der Waals surface area contributed by atoms with Gasteiger partial charge in [-0.2, -0.15) is 0 Å². The molecule has 1 saturated heterocycles. The van der Waals surface area contributed by atoms with Gasteiger partial charge in [-0.1, -0.05) is 24.3 Å². The Morgan fingerprint density at radius 1 is 1.28 bits per heavy atom. The number of nitrogens with zero attached hydrogens (tertiary/aromatic N) is 1. The lowest BCUT2D eigenvalue weighted by atomic mass is 9.90. The van der Waals surface area contributed by atoms with Gasteiger partial charge in [-0.15, -0.1) is 11.8 Å². The summed E-state index contributed by atoms with van der Waals surface area (Å²) in [5.41, 5.74) is 2.45. The molecule has 25 heavy (non-hydrogen) atoms. The zero-order valence-electron chi connectivity index (χ0n) is 14.9.